The first-order chi connectivity index (χ1) is 13.1. The zero-order valence-corrected chi connectivity index (χ0v) is 16.9. The van der Waals surface area contributed by atoms with E-state index in [1.807, 2.05) is 25.2 Å². The Morgan fingerprint density at radius 2 is 1.78 bits per heavy atom. The highest BCUT2D eigenvalue weighted by Gasteiger charge is 2.20. The smallest absolute Gasteiger partial charge is 0.204 e. The number of hydrogen-bond acceptors (Lipinski definition) is 8. The molecule has 27 heavy (non-hydrogen) atoms. The third-order valence-electron chi connectivity index (χ3n) is 3.84. The number of hydrogen-bond donors (Lipinski definition) is 2. The molecule has 2 aromatic carbocycles. The Labute approximate surface area is 166 Å². The van der Waals surface area contributed by atoms with Gasteiger partial charge in [0.05, 0.1) is 42.9 Å². The topological polar surface area (TPSA) is 77.5 Å². The lowest BCUT2D eigenvalue weighted by molar-refractivity contribution is 0.327. The Morgan fingerprint density at radius 1 is 1.00 bits per heavy atom. The van der Waals surface area contributed by atoms with Crippen LogP contribution in [0.25, 0.3) is 10.9 Å². The summed E-state index contributed by atoms with van der Waals surface area (Å²) in [4.78, 5) is 9.72. The summed E-state index contributed by atoms with van der Waals surface area (Å²) in [5.74, 6) is 2.02. The van der Waals surface area contributed by atoms with Crippen LogP contribution in [0.3, 0.4) is 0 Å². The summed E-state index contributed by atoms with van der Waals surface area (Å²) in [5, 5.41) is 4.51. The van der Waals surface area contributed by atoms with Crippen LogP contribution >= 0.6 is 23.5 Å². The largest absolute Gasteiger partial charge is 0.493 e. The van der Waals surface area contributed by atoms with Crippen molar-refractivity contribution in [3.8, 4) is 17.2 Å². The van der Waals surface area contributed by atoms with Crippen LogP contribution in [0.4, 0.5) is 11.5 Å². The highest BCUT2D eigenvalue weighted by Crippen LogP contribution is 2.45. The fraction of sp³-hybridized carbons (Fsp3) is 0.222. The van der Waals surface area contributed by atoms with Crippen molar-refractivity contribution in [2.24, 2.45) is 0 Å². The summed E-state index contributed by atoms with van der Waals surface area (Å²) < 4.78 is 19.5. The zero-order chi connectivity index (χ0) is 19.4. The summed E-state index contributed by atoms with van der Waals surface area (Å²) in [6, 6.07) is 7.47. The van der Waals surface area contributed by atoms with Crippen molar-refractivity contribution in [1.29, 1.82) is 0 Å². The number of halogens is 1. The molecule has 0 saturated heterocycles. The van der Waals surface area contributed by atoms with Crippen LogP contribution in [-0.4, -0.2) is 38.3 Å². The fourth-order valence-electron chi connectivity index (χ4n) is 2.69. The molecule has 1 heterocycles. The normalized spacial score (nSPS) is 10.7. The van der Waals surface area contributed by atoms with Crippen LogP contribution < -0.4 is 24.2 Å². The van der Waals surface area contributed by atoms with Gasteiger partial charge in [0.1, 0.15) is 12.1 Å². The second-order valence-corrected chi connectivity index (χ2v) is 6.83. The van der Waals surface area contributed by atoms with E-state index in [-0.39, 0.29) is 0 Å². The fourth-order valence-corrected chi connectivity index (χ4v) is 3.40. The molecule has 7 nitrogen and oxygen atoms in total. The highest BCUT2D eigenvalue weighted by atomic mass is 35.5. The third-order valence-corrected chi connectivity index (χ3v) is 4.86. The molecular weight excluding hydrogens is 388 g/mol. The van der Waals surface area contributed by atoms with E-state index in [0.29, 0.717) is 44.7 Å². The first kappa shape index (κ1) is 19.3. The summed E-state index contributed by atoms with van der Waals surface area (Å²) in [6.07, 6.45) is 1.47. The van der Waals surface area contributed by atoms with Crippen molar-refractivity contribution in [2.45, 2.75) is 4.90 Å². The molecule has 0 unspecified atom stereocenters. The van der Waals surface area contributed by atoms with Crippen LogP contribution in [0.2, 0.25) is 5.02 Å². The van der Waals surface area contributed by atoms with Crippen molar-refractivity contribution in [3.63, 3.8) is 0 Å². The van der Waals surface area contributed by atoms with E-state index in [4.69, 9.17) is 25.8 Å². The number of methoxy groups -OCH3 is 3. The number of anilines is 2. The first-order valence-corrected chi connectivity index (χ1v) is 9.16. The Bertz CT molecular complexity index is 971. The van der Waals surface area contributed by atoms with Gasteiger partial charge in [-0.05, 0) is 37.2 Å². The van der Waals surface area contributed by atoms with Crippen LogP contribution in [0.15, 0.2) is 35.5 Å². The van der Waals surface area contributed by atoms with Gasteiger partial charge < -0.3 is 19.5 Å². The van der Waals surface area contributed by atoms with Gasteiger partial charge in [0.25, 0.3) is 0 Å². The van der Waals surface area contributed by atoms with E-state index in [1.165, 1.54) is 18.3 Å². The summed E-state index contributed by atoms with van der Waals surface area (Å²) in [6.45, 7) is 0. The molecule has 3 rings (SSSR count). The number of nitrogens with one attached hydrogen (secondary N) is 2. The first-order valence-electron chi connectivity index (χ1n) is 7.96. The molecule has 142 valence electrons. The summed E-state index contributed by atoms with van der Waals surface area (Å²) in [5.41, 5.74) is 1.37. The maximum Gasteiger partial charge on any atom is 0.204 e. The third kappa shape index (κ3) is 3.83. The minimum absolute atomic E-state index is 0.468. The van der Waals surface area contributed by atoms with Gasteiger partial charge >= 0.3 is 0 Å². The van der Waals surface area contributed by atoms with Gasteiger partial charge in [-0.2, -0.15) is 0 Å². The predicted molar refractivity (Wildman–Crippen MR) is 109 cm³/mol. The lowest BCUT2D eigenvalue weighted by atomic mass is 10.1. The van der Waals surface area contributed by atoms with E-state index in [9.17, 15) is 0 Å². The molecule has 1 aromatic heterocycles. The van der Waals surface area contributed by atoms with Crippen molar-refractivity contribution in [1.82, 2.24) is 14.7 Å². The van der Waals surface area contributed by atoms with Gasteiger partial charge in [-0.1, -0.05) is 11.6 Å². The maximum absolute atomic E-state index is 6.37. The molecule has 0 spiro atoms. The van der Waals surface area contributed by atoms with E-state index in [2.05, 4.69) is 20.0 Å². The second-order valence-electron chi connectivity index (χ2n) is 5.33. The molecule has 3 aromatic rings. The Balaban J connectivity index is 2.17. The van der Waals surface area contributed by atoms with Crippen LogP contribution in [0.5, 0.6) is 17.2 Å². The van der Waals surface area contributed by atoms with Gasteiger partial charge in [0.15, 0.2) is 11.5 Å². The van der Waals surface area contributed by atoms with Gasteiger partial charge in [-0.3, -0.25) is 4.72 Å². The number of fused-ring (bicyclic) bond motifs is 1. The molecule has 0 atom stereocenters. The number of nitrogens with zero attached hydrogens (tertiary/aromatic N) is 2. The second kappa shape index (κ2) is 8.51. The Hall–Kier alpha value is -2.42. The maximum atomic E-state index is 6.37. The van der Waals surface area contributed by atoms with E-state index in [0.717, 1.165) is 4.90 Å². The van der Waals surface area contributed by atoms with Crippen LogP contribution in [0.1, 0.15) is 0 Å². The molecule has 0 fully saturated rings. The average Bonchev–Trinajstić information content (AvgIpc) is 2.69. The summed E-state index contributed by atoms with van der Waals surface area (Å²) in [7, 11) is 6.53. The van der Waals surface area contributed by atoms with Crippen molar-refractivity contribution in [2.75, 3.05) is 33.7 Å². The van der Waals surface area contributed by atoms with Gasteiger partial charge in [-0.25, -0.2) is 9.97 Å². The Morgan fingerprint density at radius 3 is 2.44 bits per heavy atom. The minimum atomic E-state index is 0.468. The highest BCUT2D eigenvalue weighted by molar-refractivity contribution is 7.97. The van der Waals surface area contributed by atoms with Crippen LogP contribution in [-0.2, 0) is 0 Å². The summed E-state index contributed by atoms with van der Waals surface area (Å²) >= 11 is 7.85. The SMILES string of the molecule is CNSc1ccc(Cl)c(Nc2ncnc3cc(OC)c(OC)c(OC)c23)c1. The molecule has 2 N–H and O–H groups in total. The lowest BCUT2D eigenvalue weighted by Gasteiger charge is -2.17. The standard InChI is InChI=1S/C18H19ClN4O3S/c1-20-27-10-5-6-11(19)12(7-10)23-18-15-13(21-9-22-18)8-14(24-2)16(25-3)17(15)26-4/h5-9,20H,1-4H3,(H,21,22,23). The van der Waals surface area contributed by atoms with E-state index in [1.54, 1.807) is 27.4 Å². The molecule has 0 aliphatic heterocycles. The van der Waals surface area contributed by atoms with Crippen molar-refractivity contribution in [3.05, 3.63) is 35.6 Å². The molecule has 0 bridgehead atoms. The van der Waals surface area contributed by atoms with E-state index < -0.39 is 0 Å². The quantitative estimate of drug-likeness (QED) is 0.563. The van der Waals surface area contributed by atoms with Gasteiger partial charge in [-0.15, -0.1) is 0 Å². The zero-order valence-electron chi connectivity index (χ0n) is 15.3. The number of rotatable bonds is 7. The van der Waals surface area contributed by atoms with Gasteiger partial charge in [0.2, 0.25) is 5.75 Å². The Kier molecular flexibility index (Phi) is 6.10. The van der Waals surface area contributed by atoms with Gasteiger partial charge in [0, 0.05) is 11.0 Å². The molecule has 0 radical (unpaired) electrons. The van der Waals surface area contributed by atoms with Crippen molar-refractivity contribution >= 4 is 46.0 Å². The number of benzene rings is 2. The molecule has 0 aliphatic rings. The molecular formula is C18H19ClN4O3S. The molecule has 0 aliphatic carbocycles. The van der Waals surface area contributed by atoms with E-state index >= 15 is 0 Å². The average molecular weight is 407 g/mol. The molecule has 9 heteroatoms. The lowest BCUT2D eigenvalue weighted by Crippen LogP contribution is -2.02. The monoisotopic (exact) mass is 406 g/mol. The number of aromatic nitrogens is 2. The number of ether oxygens (including phenoxy) is 3. The molecule has 0 amide bonds. The van der Waals surface area contributed by atoms with Crippen LogP contribution in [0, 0.1) is 0 Å². The van der Waals surface area contributed by atoms with Crippen molar-refractivity contribution < 1.29 is 14.2 Å². The minimum Gasteiger partial charge on any atom is -0.493 e. The molecule has 0 saturated carbocycles. The predicted octanol–water partition coefficient (Wildman–Crippen LogP) is 4.28.